The highest BCUT2D eigenvalue weighted by molar-refractivity contribution is 5.83. The van der Waals surface area contributed by atoms with Crippen molar-refractivity contribution in [2.75, 3.05) is 14.2 Å². The standard InChI is InChI=1S/C22H23NO2/c1-23(16-18-10-12-19-7-3-4-8-20(19)14-18)22(24)13-11-17-6-5-9-21(15-17)25-2/h3-10,12,14-15H,11,13,16H2,1-2H3. The van der Waals surface area contributed by atoms with E-state index in [0.29, 0.717) is 13.0 Å². The molecule has 0 bridgehead atoms. The van der Waals surface area contributed by atoms with Gasteiger partial charge in [0, 0.05) is 20.0 Å². The minimum atomic E-state index is 0.149. The fraction of sp³-hybridized carbons (Fsp3) is 0.227. The van der Waals surface area contributed by atoms with E-state index >= 15 is 0 Å². The Morgan fingerprint density at radius 1 is 0.920 bits per heavy atom. The molecule has 3 nitrogen and oxygen atoms in total. The summed E-state index contributed by atoms with van der Waals surface area (Å²) in [5, 5.41) is 2.43. The van der Waals surface area contributed by atoms with Crippen molar-refractivity contribution in [1.82, 2.24) is 4.90 Å². The van der Waals surface area contributed by atoms with Crippen molar-refractivity contribution >= 4 is 16.7 Å². The lowest BCUT2D eigenvalue weighted by Crippen LogP contribution is -2.26. The van der Waals surface area contributed by atoms with Gasteiger partial charge in [-0.1, -0.05) is 48.5 Å². The van der Waals surface area contributed by atoms with E-state index in [1.165, 1.54) is 10.8 Å². The third-order valence-corrected chi connectivity index (χ3v) is 4.42. The molecule has 0 spiro atoms. The minimum absolute atomic E-state index is 0.149. The summed E-state index contributed by atoms with van der Waals surface area (Å²) >= 11 is 0. The van der Waals surface area contributed by atoms with Gasteiger partial charge in [0.25, 0.3) is 0 Å². The summed E-state index contributed by atoms with van der Waals surface area (Å²) in [6, 6.07) is 22.5. The second-order valence-corrected chi connectivity index (χ2v) is 6.28. The van der Waals surface area contributed by atoms with Gasteiger partial charge in [-0.25, -0.2) is 0 Å². The molecule has 0 unspecified atom stereocenters. The fourth-order valence-corrected chi connectivity index (χ4v) is 2.97. The Hall–Kier alpha value is -2.81. The van der Waals surface area contributed by atoms with Crippen molar-refractivity contribution in [1.29, 1.82) is 0 Å². The van der Waals surface area contributed by atoms with E-state index in [4.69, 9.17) is 4.74 Å². The molecule has 0 aliphatic heterocycles. The first-order valence-corrected chi connectivity index (χ1v) is 8.50. The Bertz CT molecular complexity index is 873. The van der Waals surface area contributed by atoms with Gasteiger partial charge in [-0.15, -0.1) is 0 Å². The molecule has 0 aliphatic rings. The monoisotopic (exact) mass is 333 g/mol. The minimum Gasteiger partial charge on any atom is -0.497 e. The summed E-state index contributed by atoms with van der Waals surface area (Å²) in [6.07, 6.45) is 1.22. The van der Waals surface area contributed by atoms with Gasteiger partial charge in [0.1, 0.15) is 5.75 Å². The maximum Gasteiger partial charge on any atom is 0.222 e. The zero-order valence-corrected chi connectivity index (χ0v) is 14.7. The highest BCUT2D eigenvalue weighted by Gasteiger charge is 2.10. The SMILES string of the molecule is COc1cccc(CCC(=O)N(C)Cc2ccc3ccccc3c2)c1. The lowest BCUT2D eigenvalue weighted by molar-refractivity contribution is -0.130. The van der Waals surface area contributed by atoms with Gasteiger partial charge >= 0.3 is 0 Å². The quantitative estimate of drug-likeness (QED) is 0.667. The Labute approximate surface area is 148 Å². The average Bonchev–Trinajstić information content (AvgIpc) is 2.66. The third-order valence-electron chi connectivity index (χ3n) is 4.42. The second kappa shape index (κ2) is 7.84. The van der Waals surface area contributed by atoms with Crippen LogP contribution < -0.4 is 4.74 Å². The Morgan fingerprint density at radius 3 is 2.52 bits per heavy atom. The van der Waals surface area contributed by atoms with E-state index in [2.05, 4.69) is 30.3 Å². The van der Waals surface area contributed by atoms with E-state index in [1.54, 1.807) is 12.0 Å². The van der Waals surface area contributed by atoms with Crippen LogP contribution in [0.2, 0.25) is 0 Å². The lowest BCUT2D eigenvalue weighted by atomic mass is 10.1. The molecular weight excluding hydrogens is 310 g/mol. The molecule has 0 heterocycles. The second-order valence-electron chi connectivity index (χ2n) is 6.28. The maximum absolute atomic E-state index is 12.4. The van der Waals surface area contributed by atoms with Gasteiger partial charge in [0.2, 0.25) is 5.91 Å². The molecule has 0 aliphatic carbocycles. The number of amides is 1. The summed E-state index contributed by atoms with van der Waals surface area (Å²) in [5.41, 5.74) is 2.27. The molecule has 0 fully saturated rings. The first kappa shape index (κ1) is 17.0. The van der Waals surface area contributed by atoms with Gasteiger partial charge in [-0.2, -0.15) is 0 Å². The summed E-state index contributed by atoms with van der Waals surface area (Å²) in [5.74, 6) is 0.977. The average molecular weight is 333 g/mol. The molecular formula is C22H23NO2. The third kappa shape index (κ3) is 4.38. The molecule has 0 atom stereocenters. The van der Waals surface area contributed by atoms with Crippen LogP contribution in [0.1, 0.15) is 17.5 Å². The van der Waals surface area contributed by atoms with E-state index in [-0.39, 0.29) is 5.91 Å². The van der Waals surface area contributed by atoms with Crippen molar-refractivity contribution in [3.63, 3.8) is 0 Å². The summed E-state index contributed by atoms with van der Waals surface area (Å²) in [7, 11) is 3.52. The maximum atomic E-state index is 12.4. The van der Waals surface area contributed by atoms with E-state index in [9.17, 15) is 4.79 Å². The van der Waals surface area contributed by atoms with Gasteiger partial charge in [0.15, 0.2) is 0 Å². The van der Waals surface area contributed by atoms with Crippen molar-refractivity contribution in [2.45, 2.75) is 19.4 Å². The van der Waals surface area contributed by atoms with Crippen LogP contribution in [0.25, 0.3) is 10.8 Å². The number of hydrogen-bond donors (Lipinski definition) is 0. The molecule has 3 heteroatoms. The van der Waals surface area contributed by atoms with Crippen molar-refractivity contribution in [2.24, 2.45) is 0 Å². The number of rotatable bonds is 6. The van der Waals surface area contributed by atoms with Crippen LogP contribution in [0.3, 0.4) is 0 Å². The Morgan fingerprint density at radius 2 is 1.72 bits per heavy atom. The first-order chi connectivity index (χ1) is 12.2. The number of methoxy groups -OCH3 is 1. The number of benzene rings is 3. The molecule has 3 aromatic rings. The number of fused-ring (bicyclic) bond motifs is 1. The normalized spacial score (nSPS) is 10.6. The van der Waals surface area contributed by atoms with Crippen molar-refractivity contribution in [3.8, 4) is 5.75 Å². The molecule has 25 heavy (non-hydrogen) atoms. The van der Waals surface area contributed by atoms with Gasteiger partial charge in [-0.3, -0.25) is 4.79 Å². The number of carbonyl (C=O) groups excluding carboxylic acids is 1. The number of aryl methyl sites for hydroxylation is 1. The van der Waals surface area contributed by atoms with Crippen LogP contribution in [0.4, 0.5) is 0 Å². The van der Waals surface area contributed by atoms with Gasteiger partial charge in [-0.05, 0) is 46.5 Å². The Kier molecular flexibility index (Phi) is 5.34. The van der Waals surface area contributed by atoms with E-state index in [1.807, 2.05) is 43.4 Å². The van der Waals surface area contributed by atoms with Crippen LogP contribution in [0.15, 0.2) is 66.7 Å². The van der Waals surface area contributed by atoms with Gasteiger partial charge < -0.3 is 9.64 Å². The molecule has 0 N–H and O–H groups in total. The summed E-state index contributed by atoms with van der Waals surface area (Å²) in [4.78, 5) is 14.2. The largest absolute Gasteiger partial charge is 0.497 e. The highest BCUT2D eigenvalue weighted by Crippen LogP contribution is 2.17. The topological polar surface area (TPSA) is 29.5 Å². The molecule has 0 saturated heterocycles. The molecule has 3 aromatic carbocycles. The predicted molar refractivity (Wildman–Crippen MR) is 102 cm³/mol. The molecule has 0 aromatic heterocycles. The van der Waals surface area contributed by atoms with Crippen LogP contribution in [0.5, 0.6) is 5.75 Å². The van der Waals surface area contributed by atoms with Crippen LogP contribution in [-0.4, -0.2) is 25.0 Å². The molecule has 1 amide bonds. The zero-order chi connectivity index (χ0) is 17.6. The van der Waals surface area contributed by atoms with Crippen molar-refractivity contribution < 1.29 is 9.53 Å². The zero-order valence-electron chi connectivity index (χ0n) is 14.7. The molecule has 0 saturated carbocycles. The smallest absolute Gasteiger partial charge is 0.222 e. The van der Waals surface area contributed by atoms with Crippen LogP contribution >= 0.6 is 0 Å². The summed E-state index contributed by atoms with van der Waals surface area (Å²) in [6.45, 7) is 0.627. The number of carbonyl (C=O) groups is 1. The fourth-order valence-electron chi connectivity index (χ4n) is 2.97. The lowest BCUT2D eigenvalue weighted by Gasteiger charge is -2.18. The highest BCUT2D eigenvalue weighted by atomic mass is 16.5. The summed E-state index contributed by atoms with van der Waals surface area (Å²) < 4.78 is 5.23. The first-order valence-electron chi connectivity index (χ1n) is 8.50. The number of hydrogen-bond acceptors (Lipinski definition) is 2. The van der Waals surface area contributed by atoms with Crippen molar-refractivity contribution in [3.05, 3.63) is 77.9 Å². The van der Waals surface area contributed by atoms with E-state index in [0.717, 1.165) is 23.3 Å². The van der Waals surface area contributed by atoms with Gasteiger partial charge in [0.05, 0.1) is 7.11 Å². The number of nitrogens with zero attached hydrogens (tertiary/aromatic N) is 1. The molecule has 3 rings (SSSR count). The Balaban J connectivity index is 1.59. The number of ether oxygens (including phenoxy) is 1. The van der Waals surface area contributed by atoms with Crippen LogP contribution in [0, 0.1) is 0 Å². The predicted octanol–water partition coefficient (Wildman–Crippen LogP) is 4.44. The van der Waals surface area contributed by atoms with Crippen LogP contribution in [-0.2, 0) is 17.8 Å². The van der Waals surface area contributed by atoms with E-state index < -0.39 is 0 Å². The molecule has 0 radical (unpaired) electrons. The molecule has 128 valence electrons.